The molecule has 0 saturated carbocycles. The van der Waals surface area contributed by atoms with Gasteiger partial charge >= 0.3 is 0 Å². The largest absolute Gasteiger partial charge is 0.352 e. The second-order valence-corrected chi connectivity index (χ2v) is 6.53. The van der Waals surface area contributed by atoms with Crippen LogP contribution in [0.2, 0.25) is 0 Å². The van der Waals surface area contributed by atoms with E-state index in [1.54, 1.807) is 11.0 Å². The Morgan fingerprint density at radius 1 is 0.926 bits per heavy atom. The van der Waals surface area contributed by atoms with Gasteiger partial charge < -0.3 is 5.32 Å². The molecule has 0 aromatic heterocycles. The van der Waals surface area contributed by atoms with Crippen LogP contribution >= 0.6 is 0 Å². The summed E-state index contributed by atoms with van der Waals surface area (Å²) in [4.78, 5) is 27.9. The topological polar surface area (TPSA) is 49.4 Å². The molecular weight excluding hydrogens is 336 g/mol. The third kappa shape index (κ3) is 4.34. The predicted octanol–water partition coefficient (Wildman–Crippen LogP) is 4.24. The van der Waals surface area contributed by atoms with E-state index in [0.29, 0.717) is 19.4 Å². The van der Waals surface area contributed by atoms with Gasteiger partial charge in [0.25, 0.3) is 0 Å². The lowest BCUT2D eigenvalue weighted by atomic mass is 9.81. The van der Waals surface area contributed by atoms with Gasteiger partial charge in [-0.15, -0.1) is 6.58 Å². The lowest BCUT2D eigenvalue weighted by Gasteiger charge is -2.32. The monoisotopic (exact) mass is 360 g/mol. The van der Waals surface area contributed by atoms with Crippen molar-refractivity contribution in [1.29, 1.82) is 0 Å². The van der Waals surface area contributed by atoms with Crippen molar-refractivity contribution in [3.8, 4) is 0 Å². The molecule has 0 saturated heterocycles. The van der Waals surface area contributed by atoms with Crippen LogP contribution in [0.15, 0.2) is 85.5 Å². The van der Waals surface area contributed by atoms with E-state index in [0.717, 1.165) is 11.4 Å². The molecule has 0 heterocycles. The molecule has 0 spiro atoms. The number of nitrogens with zero attached hydrogens (tertiary/aromatic N) is 1. The van der Waals surface area contributed by atoms with Crippen LogP contribution < -0.4 is 10.2 Å². The van der Waals surface area contributed by atoms with E-state index in [1.807, 2.05) is 72.8 Å². The first-order valence-electron chi connectivity index (χ1n) is 9.20. The summed E-state index contributed by atoms with van der Waals surface area (Å²) < 4.78 is 0. The second kappa shape index (κ2) is 8.99. The Morgan fingerprint density at radius 2 is 1.44 bits per heavy atom. The number of para-hydroxylation sites is 2. The highest BCUT2D eigenvalue weighted by molar-refractivity contribution is 6.03. The zero-order chi connectivity index (χ0) is 19.1. The van der Waals surface area contributed by atoms with Gasteiger partial charge in [0.2, 0.25) is 11.8 Å². The maximum absolute atomic E-state index is 13.6. The van der Waals surface area contributed by atoms with Gasteiger partial charge in [-0.25, -0.2) is 0 Å². The Labute approximate surface area is 160 Å². The van der Waals surface area contributed by atoms with Crippen LogP contribution in [0.25, 0.3) is 0 Å². The van der Waals surface area contributed by atoms with Crippen molar-refractivity contribution in [1.82, 2.24) is 5.32 Å². The third-order valence-electron chi connectivity index (χ3n) is 4.76. The maximum atomic E-state index is 13.6. The Kier molecular flexibility index (Phi) is 6.21. The molecule has 27 heavy (non-hydrogen) atoms. The Hall–Kier alpha value is -3.14. The van der Waals surface area contributed by atoms with E-state index >= 15 is 0 Å². The molecule has 0 fully saturated rings. The maximum Gasteiger partial charge on any atom is 0.235 e. The molecule has 1 N–H and O–H groups in total. The highest BCUT2D eigenvalue weighted by Crippen LogP contribution is 2.33. The zero-order valence-corrected chi connectivity index (χ0v) is 15.3. The van der Waals surface area contributed by atoms with Crippen LogP contribution in [-0.4, -0.2) is 18.4 Å². The van der Waals surface area contributed by atoms with Crippen molar-refractivity contribution >= 4 is 23.2 Å². The molecule has 1 aliphatic rings. The van der Waals surface area contributed by atoms with E-state index in [-0.39, 0.29) is 17.7 Å². The molecule has 2 aromatic carbocycles. The number of hydrogen-bond donors (Lipinski definition) is 1. The third-order valence-corrected chi connectivity index (χ3v) is 4.76. The molecule has 4 nitrogen and oxygen atoms in total. The quantitative estimate of drug-likeness (QED) is 0.784. The molecule has 0 unspecified atom stereocenters. The number of amides is 2. The van der Waals surface area contributed by atoms with Crippen LogP contribution in [0.1, 0.15) is 12.8 Å². The van der Waals surface area contributed by atoms with Crippen molar-refractivity contribution in [3.05, 3.63) is 85.5 Å². The standard InChI is InChI=1S/C23H24N2O2/c1-2-17-24-22(26)20-15-9-10-16-21(20)23(27)25(18-11-5-3-6-12-18)19-13-7-4-8-14-19/h2-14,20-21H,1,15-17H2,(H,24,26)/t20-,21-/m0/s1. The average molecular weight is 360 g/mol. The van der Waals surface area contributed by atoms with E-state index in [1.165, 1.54) is 0 Å². The Bertz CT molecular complexity index is 775. The van der Waals surface area contributed by atoms with Crippen molar-refractivity contribution in [2.75, 3.05) is 11.4 Å². The lowest BCUT2D eigenvalue weighted by Crippen LogP contribution is -2.43. The molecule has 3 rings (SSSR count). The lowest BCUT2D eigenvalue weighted by molar-refractivity contribution is -0.133. The fourth-order valence-electron chi connectivity index (χ4n) is 3.40. The first kappa shape index (κ1) is 18.6. The number of allylic oxidation sites excluding steroid dienone is 2. The van der Waals surface area contributed by atoms with Crippen molar-refractivity contribution < 1.29 is 9.59 Å². The Balaban J connectivity index is 1.94. The van der Waals surface area contributed by atoms with Gasteiger partial charge in [0.15, 0.2) is 0 Å². The minimum atomic E-state index is -0.403. The fourth-order valence-corrected chi connectivity index (χ4v) is 3.40. The second-order valence-electron chi connectivity index (χ2n) is 6.53. The number of nitrogens with one attached hydrogen (secondary N) is 1. The van der Waals surface area contributed by atoms with Crippen LogP contribution in [0.3, 0.4) is 0 Å². The number of carbonyl (C=O) groups is 2. The molecular formula is C23H24N2O2. The zero-order valence-electron chi connectivity index (χ0n) is 15.3. The van der Waals surface area contributed by atoms with Crippen molar-refractivity contribution in [2.24, 2.45) is 11.8 Å². The van der Waals surface area contributed by atoms with Gasteiger partial charge in [0.1, 0.15) is 0 Å². The van der Waals surface area contributed by atoms with Gasteiger partial charge in [-0.3, -0.25) is 14.5 Å². The van der Waals surface area contributed by atoms with Gasteiger partial charge in [-0.2, -0.15) is 0 Å². The summed E-state index contributed by atoms with van der Waals surface area (Å²) in [5.74, 6) is -0.938. The fraction of sp³-hybridized carbons (Fsp3) is 0.217. The highest BCUT2D eigenvalue weighted by Gasteiger charge is 2.37. The van der Waals surface area contributed by atoms with Crippen LogP contribution in [0.5, 0.6) is 0 Å². The minimum Gasteiger partial charge on any atom is -0.352 e. The summed E-state index contributed by atoms with van der Waals surface area (Å²) in [6.45, 7) is 4.04. The SMILES string of the molecule is C=CCNC(=O)[C@H]1CC=CC[C@@H]1C(=O)N(c1ccccc1)c1ccccc1. The van der Waals surface area contributed by atoms with Gasteiger partial charge in [0, 0.05) is 17.9 Å². The first-order chi connectivity index (χ1) is 13.2. The molecule has 138 valence electrons. The minimum absolute atomic E-state index is 0.0597. The number of hydrogen-bond acceptors (Lipinski definition) is 2. The van der Waals surface area contributed by atoms with Crippen LogP contribution in [0.4, 0.5) is 11.4 Å². The van der Waals surface area contributed by atoms with Gasteiger partial charge in [-0.1, -0.05) is 54.6 Å². The summed E-state index contributed by atoms with van der Waals surface area (Å²) in [5.41, 5.74) is 1.60. The van der Waals surface area contributed by atoms with E-state index in [2.05, 4.69) is 11.9 Å². The van der Waals surface area contributed by atoms with Crippen molar-refractivity contribution in [2.45, 2.75) is 12.8 Å². The van der Waals surface area contributed by atoms with Crippen molar-refractivity contribution in [3.63, 3.8) is 0 Å². The van der Waals surface area contributed by atoms with Crippen LogP contribution in [-0.2, 0) is 9.59 Å². The number of rotatable bonds is 6. The number of benzene rings is 2. The average Bonchev–Trinajstić information content (AvgIpc) is 2.73. The van der Waals surface area contributed by atoms with E-state index in [4.69, 9.17) is 0 Å². The van der Waals surface area contributed by atoms with Crippen LogP contribution in [0, 0.1) is 11.8 Å². The molecule has 2 amide bonds. The number of carbonyl (C=O) groups excluding carboxylic acids is 2. The van der Waals surface area contributed by atoms with E-state index in [9.17, 15) is 9.59 Å². The predicted molar refractivity (Wildman–Crippen MR) is 109 cm³/mol. The summed E-state index contributed by atoms with van der Waals surface area (Å²) in [6.07, 6.45) is 6.75. The Morgan fingerprint density at radius 3 is 1.96 bits per heavy atom. The molecule has 0 aliphatic heterocycles. The smallest absolute Gasteiger partial charge is 0.235 e. The normalized spacial score (nSPS) is 18.5. The summed E-state index contributed by atoms with van der Waals surface area (Å²) in [7, 11) is 0. The number of anilines is 2. The highest BCUT2D eigenvalue weighted by atomic mass is 16.2. The van der Waals surface area contributed by atoms with Gasteiger partial charge in [-0.05, 0) is 37.1 Å². The first-order valence-corrected chi connectivity index (χ1v) is 9.20. The molecule has 4 heteroatoms. The molecule has 2 aromatic rings. The summed E-state index contributed by atoms with van der Waals surface area (Å²) >= 11 is 0. The summed E-state index contributed by atoms with van der Waals surface area (Å²) in [6, 6.07) is 19.1. The molecule has 1 aliphatic carbocycles. The molecule has 2 atom stereocenters. The van der Waals surface area contributed by atoms with E-state index < -0.39 is 5.92 Å². The molecule has 0 bridgehead atoms. The van der Waals surface area contributed by atoms with Gasteiger partial charge in [0.05, 0.1) is 11.8 Å². The molecule has 0 radical (unpaired) electrons. The summed E-state index contributed by atoms with van der Waals surface area (Å²) in [5, 5.41) is 2.84.